The van der Waals surface area contributed by atoms with E-state index in [0.29, 0.717) is 19.3 Å². The van der Waals surface area contributed by atoms with E-state index in [1.165, 1.54) is 0 Å². The second kappa shape index (κ2) is 17.0. The molecule has 0 bridgehead atoms. The van der Waals surface area contributed by atoms with Crippen LogP contribution < -0.4 is 34.7 Å². The zero-order valence-electron chi connectivity index (χ0n) is 22.6. The van der Waals surface area contributed by atoms with Gasteiger partial charge in [-0.25, -0.2) is 0 Å². The molecule has 0 unspecified atom stereocenters. The third kappa shape index (κ3) is 10.6. The third-order valence-electron chi connectivity index (χ3n) is 7.57. The van der Waals surface area contributed by atoms with E-state index in [9.17, 15) is 30.0 Å². The zero-order valence-corrected chi connectivity index (χ0v) is 24.6. The predicted molar refractivity (Wildman–Crippen MR) is 132 cm³/mol. The first-order valence-corrected chi connectivity index (χ1v) is 13.5. The Morgan fingerprint density at radius 3 is 2.33 bits per heavy atom. The molecule has 0 radical (unpaired) electrons. The molecule has 0 fully saturated rings. The van der Waals surface area contributed by atoms with Crippen LogP contribution in [-0.2, 0) is 14.3 Å². The van der Waals surface area contributed by atoms with Gasteiger partial charge in [0.05, 0.1) is 24.2 Å². The second-order valence-electron chi connectivity index (χ2n) is 10.5. The van der Waals surface area contributed by atoms with Gasteiger partial charge in [0.2, 0.25) is 0 Å². The normalized spacial score (nSPS) is 27.0. The Hall–Kier alpha value is -0.700. The number of carboxylic acid groups (broad SMARTS) is 1. The molecule has 0 saturated carbocycles. The monoisotopic (exact) mass is 516 g/mol. The summed E-state index contributed by atoms with van der Waals surface area (Å²) in [7, 11) is 0. The SMILES string of the molecule is CCCCC(CCCC)C(=O)O[C@H]1C[C@H](O)C=C2C=C[C@H](C)[C@H](CC[C@@H](O)C[C@@H](O)CC(=O)[O-])[C@H]21.[Na+]. The summed E-state index contributed by atoms with van der Waals surface area (Å²) in [4.78, 5) is 23.9. The van der Waals surface area contributed by atoms with Crippen LogP contribution in [0.2, 0.25) is 0 Å². The van der Waals surface area contributed by atoms with E-state index in [0.717, 1.165) is 44.1 Å². The largest absolute Gasteiger partial charge is 1.00 e. The van der Waals surface area contributed by atoms with Gasteiger partial charge in [0.15, 0.2) is 0 Å². The Labute approximate surface area is 238 Å². The predicted octanol–water partition coefficient (Wildman–Crippen LogP) is 0.0602. The fourth-order valence-electron chi connectivity index (χ4n) is 5.61. The minimum absolute atomic E-state index is 0. The summed E-state index contributed by atoms with van der Waals surface area (Å²) in [5, 5.41) is 41.4. The van der Waals surface area contributed by atoms with Gasteiger partial charge in [0.1, 0.15) is 6.10 Å². The summed E-state index contributed by atoms with van der Waals surface area (Å²) in [6, 6.07) is 0. The quantitative estimate of drug-likeness (QED) is 0.208. The van der Waals surface area contributed by atoms with Crippen LogP contribution in [0.4, 0.5) is 0 Å². The van der Waals surface area contributed by atoms with E-state index < -0.39 is 36.8 Å². The number of ether oxygens (including phenoxy) is 1. The number of carbonyl (C=O) groups is 2. The van der Waals surface area contributed by atoms with Crippen LogP contribution in [0, 0.1) is 23.7 Å². The number of unbranched alkanes of at least 4 members (excludes halogenated alkanes) is 2. The number of fused-ring (bicyclic) bond motifs is 1. The summed E-state index contributed by atoms with van der Waals surface area (Å²) in [5.41, 5.74) is 0.967. The molecular weight excluding hydrogens is 471 g/mol. The maximum Gasteiger partial charge on any atom is 1.00 e. The molecule has 7 atom stereocenters. The van der Waals surface area contributed by atoms with Gasteiger partial charge in [-0.05, 0) is 49.5 Å². The van der Waals surface area contributed by atoms with Gasteiger partial charge in [0, 0.05) is 24.7 Å². The standard InChI is InChI=1S/C28H46O7.Na/c1-4-6-8-19(9-7-5-2)28(34)35-25-16-22(30)14-20-11-10-18(3)24(27(20)25)13-12-21(29)15-23(31)17-26(32)33;/h10-11,14,18-19,21-25,27,29-31H,4-9,12-13,15-17H2,1-3H3,(H,32,33);/q;+1/p-1/t18-,21+,22+,23+,24-,25-,27-;/m0./s1. The fraction of sp³-hybridized carbons (Fsp3) is 0.786. The number of esters is 1. The molecule has 0 aromatic rings. The number of carbonyl (C=O) groups excluding carboxylic acids is 2. The molecule has 200 valence electrons. The first-order valence-electron chi connectivity index (χ1n) is 13.5. The van der Waals surface area contributed by atoms with Crippen molar-refractivity contribution < 1.29 is 64.3 Å². The molecule has 8 heteroatoms. The molecule has 0 heterocycles. The van der Waals surface area contributed by atoms with Gasteiger partial charge in [-0.1, -0.05) is 64.7 Å². The average Bonchev–Trinajstić information content (AvgIpc) is 2.77. The van der Waals surface area contributed by atoms with Crippen molar-refractivity contribution in [3.8, 4) is 0 Å². The van der Waals surface area contributed by atoms with Crippen LogP contribution in [0.25, 0.3) is 0 Å². The van der Waals surface area contributed by atoms with Crippen molar-refractivity contribution in [2.75, 3.05) is 0 Å². The molecule has 7 nitrogen and oxygen atoms in total. The molecular formula is C28H45NaO7. The first kappa shape index (κ1) is 33.3. The molecule has 2 aliphatic carbocycles. The maximum absolute atomic E-state index is 13.2. The van der Waals surface area contributed by atoms with Crippen molar-refractivity contribution in [1.82, 2.24) is 0 Å². The van der Waals surface area contributed by atoms with Crippen LogP contribution in [0.5, 0.6) is 0 Å². The van der Waals surface area contributed by atoms with Gasteiger partial charge < -0.3 is 30.0 Å². The molecule has 0 aliphatic heterocycles. The van der Waals surface area contributed by atoms with Crippen molar-refractivity contribution in [1.29, 1.82) is 0 Å². The van der Waals surface area contributed by atoms with E-state index in [1.54, 1.807) is 0 Å². The Balaban J connectivity index is 0.00000648. The molecule has 0 aromatic heterocycles. The van der Waals surface area contributed by atoms with Gasteiger partial charge in [-0.15, -0.1) is 0 Å². The van der Waals surface area contributed by atoms with E-state index in [1.807, 2.05) is 12.2 Å². The Morgan fingerprint density at radius 2 is 1.75 bits per heavy atom. The van der Waals surface area contributed by atoms with Gasteiger partial charge in [-0.3, -0.25) is 4.79 Å². The average molecular weight is 517 g/mol. The maximum atomic E-state index is 13.2. The van der Waals surface area contributed by atoms with E-state index >= 15 is 0 Å². The van der Waals surface area contributed by atoms with Crippen molar-refractivity contribution in [3.63, 3.8) is 0 Å². The molecule has 0 amide bonds. The molecule has 0 spiro atoms. The minimum atomic E-state index is -1.34. The summed E-state index contributed by atoms with van der Waals surface area (Å²) >= 11 is 0. The second-order valence-corrected chi connectivity index (χ2v) is 10.5. The molecule has 2 rings (SSSR count). The number of rotatable bonds is 15. The van der Waals surface area contributed by atoms with Crippen LogP contribution in [0.15, 0.2) is 23.8 Å². The first-order chi connectivity index (χ1) is 16.7. The van der Waals surface area contributed by atoms with Crippen LogP contribution in [0.1, 0.15) is 91.4 Å². The smallest absolute Gasteiger partial charge is 0.550 e. The number of hydrogen-bond donors (Lipinski definition) is 3. The molecule has 2 aliphatic rings. The van der Waals surface area contributed by atoms with Crippen molar-refractivity contribution in [2.45, 2.75) is 116 Å². The Bertz CT molecular complexity index is 729. The summed E-state index contributed by atoms with van der Waals surface area (Å²) in [6.45, 7) is 6.33. The molecule has 3 N–H and O–H groups in total. The number of hydrogen-bond acceptors (Lipinski definition) is 7. The van der Waals surface area contributed by atoms with Crippen molar-refractivity contribution >= 4 is 11.9 Å². The molecule has 0 aromatic carbocycles. The van der Waals surface area contributed by atoms with Gasteiger partial charge in [-0.2, -0.15) is 0 Å². The van der Waals surface area contributed by atoms with Gasteiger partial charge >= 0.3 is 35.5 Å². The minimum Gasteiger partial charge on any atom is -0.550 e. The number of aliphatic hydroxyl groups excluding tert-OH is 3. The Kier molecular flexibility index (Phi) is 15.7. The topological polar surface area (TPSA) is 127 Å². The van der Waals surface area contributed by atoms with Crippen molar-refractivity contribution in [2.24, 2.45) is 23.7 Å². The van der Waals surface area contributed by atoms with Crippen LogP contribution in [-0.4, -0.2) is 51.7 Å². The van der Waals surface area contributed by atoms with E-state index in [4.69, 9.17) is 4.74 Å². The number of allylic oxidation sites excluding steroid dienone is 2. The number of aliphatic hydroxyl groups is 3. The fourth-order valence-corrected chi connectivity index (χ4v) is 5.61. The summed E-state index contributed by atoms with van der Waals surface area (Å²) in [6.07, 6.45) is 9.39. The summed E-state index contributed by atoms with van der Waals surface area (Å²) in [5.74, 6) is -1.42. The molecule has 36 heavy (non-hydrogen) atoms. The number of carboxylic acids is 1. The van der Waals surface area contributed by atoms with Crippen LogP contribution in [0.3, 0.4) is 0 Å². The van der Waals surface area contributed by atoms with Crippen LogP contribution >= 0.6 is 0 Å². The van der Waals surface area contributed by atoms with E-state index in [-0.39, 0.29) is 65.6 Å². The number of aliphatic carboxylic acids is 1. The van der Waals surface area contributed by atoms with Crippen molar-refractivity contribution in [3.05, 3.63) is 23.8 Å². The Morgan fingerprint density at radius 1 is 1.11 bits per heavy atom. The molecule has 0 saturated heterocycles. The van der Waals surface area contributed by atoms with E-state index in [2.05, 4.69) is 26.8 Å². The summed E-state index contributed by atoms with van der Waals surface area (Å²) < 4.78 is 6.13. The third-order valence-corrected chi connectivity index (χ3v) is 7.57. The zero-order chi connectivity index (χ0) is 26.0. The van der Waals surface area contributed by atoms with Gasteiger partial charge in [0.25, 0.3) is 0 Å².